The summed E-state index contributed by atoms with van der Waals surface area (Å²) in [4.78, 5) is 20.2. The maximum absolute atomic E-state index is 11.2. The molecule has 2 heterocycles. The van der Waals surface area contributed by atoms with E-state index >= 15 is 0 Å². The molecule has 1 aromatic carbocycles. The van der Waals surface area contributed by atoms with Gasteiger partial charge in [-0.15, -0.1) is 0 Å². The lowest BCUT2D eigenvalue weighted by atomic mass is 9.95. The smallest absolute Gasteiger partial charge is 0.316 e. The van der Waals surface area contributed by atoms with Crippen LogP contribution in [0.25, 0.3) is 11.1 Å². The minimum atomic E-state index is -0.578. The average Bonchev–Trinajstić information content (AvgIpc) is 2.93. The number of nitrogens with zero attached hydrogens (tertiary/aromatic N) is 2. The summed E-state index contributed by atoms with van der Waals surface area (Å²) in [6, 6.07) is 5.98. The highest BCUT2D eigenvalue weighted by molar-refractivity contribution is 5.83. The van der Waals surface area contributed by atoms with Gasteiger partial charge in [0.1, 0.15) is 19.0 Å². The van der Waals surface area contributed by atoms with Crippen LogP contribution in [0.4, 0.5) is 0 Å². The SMILES string of the molecule is Cc1nc(OC[C@H]2COC(C)(C)O2)nc(C)c1-c1cccc(C=O)c1C. The first-order valence-corrected chi connectivity index (χ1v) is 8.65. The standard InChI is InChI=1S/C20H24N2O4/c1-12-15(9-23)7-6-8-17(12)18-13(2)21-19(22-14(18)3)24-10-16-11-25-20(4,5)26-16/h6-9,16H,10-11H2,1-5H3/t16-/m0/s1. The fourth-order valence-corrected chi connectivity index (χ4v) is 3.20. The second kappa shape index (κ2) is 7.13. The van der Waals surface area contributed by atoms with Gasteiger partial charge in [0.05, 0.1) is 18.0 Å². The maximum Gasteiger partial charge on any atom is 0.316 e. The minimum absolute atomic E-state index is 0.139. The van der Waals surface area contributed by atoms with Gasteiger partial charge in [-0.05, 0) is 45.7 Å². The van der Waals surface area contributed by atoms with Crippen LogP contribution >= 0.6 is 0 Å². The van der Waals surface area contributed by atoms with Crippen molar-refractivity contribution in [2.45, 2.75) is 46.5 Å². The summed E-state index contributed by atoms with van der Waals surface area (Å²) in [7, 11) is 0. The van der Waals surface area contributed by atoms with E-state index in [0.717, 1.165) is 34.4 Å². The lowest BCUT2D eigenvalue weighted by molar-refractivity contribution is -0.141. The molecule has 1 saturated heterocycles. The Morgan fingerprint density at radius 2 is 1.92 bits per heavy atom. The molecule has 0 amide bonds. The van der Waals surface area contributed by atoms with Crippen molar-refractivity contribution in [3.63, 3.8) is 0 Å². The molecule has 6 heteroatoms. The second-order valence-corrected chi connectivity index (χ2v) is 6.95. The Balaban J connectivity index is 1.82. The Bertz CT molecular complexity index is 810. The Labute approximate surface area is 153 Å². The topological polar surface area (TPSA) is 70.5 Å². The number of aromatic nitrogens is 2. The number of ether oxygens (including phenoxy) is 3. The molecule has 0 spiro atoms. The molecule has 1 fully saturated rings. The zero-order valence-corrected chi connectivity index (χ0v) is 15.8. The van der Waals surface area contributed by atoms with Crippen molar-refractivity contribution < 1.29 is 19.0 Å². The largest absolute Gasteiger partial charge is 0.461 e. The van der Waals surface area contributed by atoms with Crippen molar-refractivity contribution >= 4 is 6.29 Å². The van der Waals surface area contributed by atoms with Gasteiger partial charge in [0.2, 0.25) is 0 Å². The number of benzene rings is 1. The van der Waals surface area contributed by atoms with Gasteiger partial charge in [-0.2, -0.15) is 9.97 Å². The summed E-state index contributed by atoms with van der Waals surface area (Å²) in [5.41, 5.74) is 5.10. The fraction of sp³-hybridized carbons (Fsp3) is 0.450. The van der Waals surface area contributed by atoms with Crippen LogP contribution in [0.1, 0.15) is 41.2 Å². The number of aryl methyl sites for hydroxylation is 2. The van der Waals surface area contributed by atoms with Crippen molar-refractivity contribution in [3.8, 4) is 17.1 Å². The van der Waals surface area contributed by atoms with Crippen molar-refractivity contribution in [1.29, 1.82) is 0 Å². The Kier molecular flexibility index (Phi) is 5.07. The number of hydrogen-bond donors (Lipinski definition) is 0. The van der Waals surface area contributed by atoms with Crippen LogP contribution in [0.5, 0.6) is 6.01 Å². The summed E-state index contributed by atoms with van der Waals surface area (Å²) < 4.78 is 17.0. The number of carbonyl (C=O) groups is 1. The lowest BCUT2D eigenvalue weighted by Gasteiger charge is -2.17. The first-order valence-electron chi connectivity index (χ1n) is 8.65. The van der Waals surface area contributed by atoms with Gasteiger partial charge >= 0.3 is 6.01 Å². The molecule has 0 saturated carbocycles. The summed E-state index contributed by atoms with van der Waals surface area (Å²) in [5.74, 6) is -0.578. The van der Waals surface area contributed by atoms with Gasteiger partial charge in [0.15, 0.2) is 5.79 Å². The highest BCUT2D eigenvalue weighted by atomic mass is 16.7. The molecular weight excluding hydrogens is 332 g/mol. The van der Waals surface area contributed by atoms with E-state index in [1.54, 1.807) is 6.07 Å². The third-order valence-corrected chi connectivity index (χ3v) is 4.49. The highest BCUT2D eigenvalue weighted by Crippen LogP contribution is 2.30. The van der Waals surface area contributed by atoms with Crippen LogP contribution in [-0.2, 0) is 9.47 Å². The normalized spacial score (nSPS) is 18.7. The predicted octanol–water partition coefficient (Wildman–Crippen LogP) is 3.41. The Morgan fingerprint density at radius 1 is 1.23 bits per heavy atom. The third kappa shape index (κ3) is 3.76. The number of carbonyl (C=O) groups excluding carboxylic acids is 1. The molecule has 0 bridgehead atoms. The van der Waals surface area contributed by atoms with Crippen LogP contribution in [0.15, 0.2) is 18.2 Å². The highest BCUT2D eigenvalue weighted by Gasteiger charge is 2.33. The van der Waals surface area contributed by atoms with E-state index in [1.165, 1.54) is 0 Å². The van der Waals surface area contributed by atoms with Crippen LogP contribution in [0.3, 0.4) is 0 Å². The Morgan fingerprint density at radius 3 is 2.50 bits per heavy atom. The molecule has 3 rings (SSSR count). The van der Waals surface area contributed by atoms with E-state index < -0.39 is 5.79 Å². The van der Waals surface area contributed by atoms with Crippen molar-refractivity contribution in [1.82, 2.24) is 9.97 Å². The summed E-state index contributed by atoms with van der Waals surface area (Å²) in [6.07, 6.45) is 0.730. The van der Waals surface area contributed by atoms with Crippen LogP contribution in [-0.4, -0.2) is 41.4 Å². The number of rotatable bonds is 5. The fourth-order valence-electron chi connectivity index (χ4n) is 3.20. The quantitative estimate of drug-likeness (QED) is 0.765. The summed E-state index contributed by atoms with van der Waals surface area (Å²) in [5, 5.41) is 0. The molecule has 2 aromatic rings. The van der Waals surface area contributed by atoms with E-state index in [1.807, 2.05) is 46.8 Å². The molecule has 1 aliphatic heterocycles. The molecule has 138 valence electrons. The van der Waals surface area contributed by atoms with E-state index in [4.69, 9.17) is 14.2 Å². The average molecular weight is 356 g/mol. The summed E-state index contributed by atoms with van der Waals surface area (Å²) in [6.45, 7) is 10.3. The first-order chi connectivity index (χ1) is 12.3. The zero-order chi connectivity index (χ0) is 18.9. The van der Waals surface area contributed by atoms with E-state index in [-0.39, 0.29) is 6.10 Å². The zero-order valence-electron chi connectivity index (χ0n) is 15.8. The van der Waals surface area contributed by atoms with Gasteiger partial charge in [-0.25, -0.2) is 0 Å². The van der Waals surface area contributed by atoms with Gasteiger partial charge in [0.25, 0.3) is 0 Å². The second-order valence-electron chi connectivity index (χ2n) is 6.95. The number of hydrogen-bond acceptors (Lipinski definition) is 6. The number of aldehydes is 1. The van der Waals surface area contributed by atoms with Gasteiger partial charge in [0, 0.05) is 11.1 Å². The monoisotopic (exact) mass is 356 g/mol. The maximum atomic E-state index is 11.2. The van der Waals surface area contributed by atoms with E-state index in [0.29, 0.717) is 24.8 Å². The minimum Gasteiger partial charge on any atom is -0.461 e. The van der Waals surface area contributed by atoms with E-state index in [2.05, 4.69) is 9.97 Å². The molecule has 26 heavy (non-hydrogen) atoms. The molecule has 0 N–H and O–H groups in total. The first kappa shape index (κ1) is 18.5. The molecule has 1 aliphatic rings. The molecule has 0 radical (unpaired) electrons. The summed E-state index contributed by atoms with van der Waals surface area (Å²) >= 11 is 0. The molecule has 1 atom stereocenters. The van der Waals surface area contributed by atoms with Crippen LogP contribution < -0.4 is 4.74 Å². The molecular formula is C20H24N2O4. The van der Waals surface area contributed by atoms with Crippen LogP contribution in [0.2, 0.25) is 0 Å². The van der Waals surface area contributed by atoms with Crippen molar-refractivity contribution in [2.75, 3.05) is 13.2 Å². The molecule has 0 aliphatic carbocycles. The third-order valence-electron chi connectivity index (χ3n) is 4.49. The van der Waals surface area contributed by atoms with Crippen LogP contribution in [0, 0.1) is 20.8 Å². The molecule has 0 unspecified atom stereocenters. The van der Waals surface area contributed by atoms with Gasteiger partial charge in [-0.1, -0.05) is 18.2 Å². The van der Waals surface area contributed by atoms with Gasteiger partial charge in [-0.3, -0.25) is 4.79 Å². The molecule has 6 nitrogen and oxygen atoms in total. The van der Waals surface area contributed by atoms with Gasteiger partial charge < -0.3 is 14.2 Å². The van der Waals surface area contributed by atoms with Crippen molar-refractivity contribution in [3.05, 3.63) is 40.7 Å². The lowest BCUT2D eigenvalue weighted by Crippen LogP contribution is -2.25. The van der Waals surface area contributed by atoms with Crippen molar-refractivity contribution in [2.24, 2.45) is 0 Å². The predicted molar refractivity (Wildman–Crippen MR) is 97.5 cm³/mol. The van der Waals surface area contributed by atoms with E-state index in [9.17, 15) is 4.79 Å². The Hall–Kier alpha value is -2.31. The molecule has 1 aromatic heterocycles.